The molecule has 0 aromatic carbocycles. The number of rotatable bonds is 23. The van der Waals surface area contributed by atoms with E-state index in [4.69, 9.17) is 0 Å². The lowest BCUT2D eigenvalue weighted by Gasteiger charge is -2.04. The molecule has 1 rings (SSSR count). The second-order valence-corrected chi connectivity index (χ2v) is 9.91. The van der Waals surface area contributed by atoms with Gasteiger partial charge in [-0.25, -0.2) is 4.57 Å². The number of aromatic nitrogens is 1. The highest BCUT2D eigenvalue weighted by atomic mass is 14.9. The Labute approximate surface area is 196 Å². The zero-order chi connectivity index (χ0) is 22.2. The zero-order valence-electron chi connectivity index (χ0n) is 21.5. The summed E-state index contributed by atoms with van der Waals surface area (Å²) in [5.74, 6) is 0. The Morgan fingerprint density at radius 2 is 0.806 bits per heavy atom. The molecule has 180 valence electrons. The first-order chi connectivity index (χ1) is 15.4. The molecule has 0 radical (unpaired) electrons. The van der Waals surface area contributed by atoms with Gasteiger partial charge in [-0.1, -0.05) is 129 Å². The van der Waals surface area contributed by atoms with Gasteiger partial charge in [0, 0.05) is 18.6 Å². The van der Waals surface area contributed by atoms with Crippen LogP contribution in [0.3, 0.4) is 0 Å². The fourth-order valence-corrected chi connectivity index (χ4v) is 4.58. The summed E-state index contributed by atoms with van der Waals surface area (Å²) in [6.07, 6.45) is 35.8. The Morgan fingerprint density at radius 3 is 1.23 bits per heavy atom. The molecule has 1 aromatic heterocycles. The van der Waals surface area contributed by atoms with Crippen LogP contribution in [0.4, 0.5) is 0 Å². The van der Waals surface area contributed by atoms with Crippen LogP contribution in [0.1, 0.15) is 154 Å². The molecule has 1 nitrogen and oxygen atoms in total. The van der Waals surface area contributed by atoms with Crippen molar-refractivity contribution in [1.29, 1.82) is 0 Å². The van der Waals surface area contributed by atoms with Crippen molar-refractivity contribution in [2.75, 3.05) is 0 Å². The molecule has 31 heavy (non-hydrogen) atoms. The average molecular weight is 431 g/mol. The molecule has 0 unspecified atom stereocenters. The Kier molecular flexibility index (Phi) is 20.3. The maximum absolute atomic E-state index is 2.37. The van der Waals surface area contributed by atoms with Gasteiger partial charge in [0.25, 0.3) is 0 Å². The molecule has 0 spiro atoms. The number of nitrogens with zero attached hydrogens (tertiary/aromatic N) is 1. The highest BCUT2D eigenvalue weighted by Crippen LogP contribution is 2.14. The number of unbranched alkanes of at least 4 members (excludes halogenated alkanes) is 19. The minimum absolute atomic E-state index is 1.19. The first-order valence-electron chi connectivity index (χ1n) is 14.3. The standard InChI is InChI=1S/C30H56N/c1-3-5-7-9-11-12-13-14-15-16-17-18-19-20-22-24-30-25-28-31(29-26-30)27-23-21-10-8-6-4-2/h25-26,28-29H,3-24,27H2,1-2H3/q+1. The van der Waals surface area contributed by atoms with E-state index in [0.29, 0.717) is 0 Å². The van der Waals surface area contributed by atoms with Crippen LogP contribution in [0.25, 0.3) is 0 Å². The largest absolute Gasteiger partial charge is 0.205 e. The molecule has 0 fully saturated rings. The highest BCUT2D eigenvalue weighted by molar-refractivity contribution is 5.07. The predicted octanol–water partition coefficient (Wildman–Crippen LogP) is 9.75. The van der Waals surface area contributed by atoms with Gasteiger partial charge < -0.3 is 0 Å². The van der Waals surface area contributed by atoms with Crippen LogP contribution in [-0.4, -0.2) is 0 Å². The highest BCUT2D eigenvalue weighted by Gasteiger charge is 2.02. The number of aryl methyl sites for hydroxylation is 2. The van der Waals surface area contributed by atoms with Crippen LogP contribution in [0.2, 0.25) is 0 Å². The number of hydrogen-bond donors (Lipinski definition) is 0. The zero-order valence-corrected chi connectivity index (χ0v) is 21.5. The number of pyridine rings is 1. The molecule has 1 aromatic rings. The minimum atomic E-state index is 1.19. The lowest BCUT2D eigenvalue weighted by Crippen LogP contribution is -2.32. The maximum Gasteiger partial charge on any atom is 0.169 e. The summed E-state index contributed by atoms with van der Waals surface area (Å²) >= 11 is 0. The van der Waals surface area contributed by atoms with Gasteiger partial charge in [-0.05, 0) is 24.8 Å². The summed E-state index contributed by atoms with van der Waals surface area (Å²) in [6.45, 7) is 5.77. The fraction of sp³-hybridized carbons (Fsp3) is 0.833. The van der Waals surface area contributed by atoms with Crippen molar-refractivity contribution in [3.63, 3.8) is 0 Å². The molecule has 0 aliphatic heterocycles. The Bertz CT molecular complexity index is 464. The van der Waals surface area contributed by atoms with Crippen LogP contribution >= 0.6 is 0 Å². The maximum atomic E-state index is 2.37. The topological polar surface area (TPSA) is 3.88 Å². The monoisotopic (exact) mass is 430 g/mol. The van der Waals surface area contributed by atoms with Crippen LogP contribution in [0.5, 0.6) is 0 Å². The van der Waals surface area contributed by atoms with Crippen molar-refractivity contribution in [3.05, 3.63) is 30.1 Å². The third-order valence-electron chi connectivity index (χ3n) is 6.80. The van der Waals surface area contributed by atoms with E-state index < -0.39 is 0 Å². The third-order valence-corrected chi connectivity index (χ3v) is 6.80. The molecule has 0 saturated carbocycles. The first kappa shape index (κ1) is 28.2. The van der Waals surface area contributed by atoms with E-state index in [9.17, 15) is 0 Å². The molecule has 0 aliphatic carbocycles. The summed E-state index contributed by atoms with van der Waals surface area (Å²) in [4.78, 5) is 0. The average Bonchev–Trinajstić information content (AvgIpc) is 2.79. The molecule has 0 aliphatic rings. The normalized spacial score (nSPS) is 11.3. The van der Waals surface area contributed by atoms with Crippen LogP contribution < -0.4 is 4.57 Å². The molecule has 0 atom stereocenters. The van der Waals surface area contributed by atoms with E-state index in [-0.39, 0.29) is 0 Å². The summed E-state index contributed by atoms with van der Waals surface area (Å²) in [5.41, 5.74) is 1.52. The second-order valence-electron chi connectivity index (χ2n) is 9.91. The Hall–Kier alpha value is -0.850. The first-order valence-corrected chi connectivity index (χ1v) is 14.3. The number of hydrogen-bond acceptors (Lipinski definition) is 0. The van der Waals surface area contributed by atoms with Gasteiger partial charge in [0.1, 0.15) is 6.54 Å². The van der Waals surface area contributed by atoms with Crippen molar-refractivity contribution in [2.45, 2.75) is 162 Å². The van der Waals surface area contributed by atoms with Crippen molar-refractivity contribution in [2.24, 2.45) is 0 Å². The van der Waals surface area contributed by atoms with Crippen molar-refractivity contribution in [3.8, 4) is 0 Å². The van der Waals surface area contributed by atoms with Crippen molar-refractivity contribution < 1.29 is 4.57 Å². The van der Waals surface area contributed by atoms with Crippen molar-refractivity contribution in [1.82, 2.24) is 0 Å². The minimum Gasteiger partial charge on any atom is -0.205 e. The van der Waals surface area contributed by atoms with Crippen LogP contribution in [0.15, 0.2) is 24.5 Å². The SMILES string of the molecule is CCCCCCCCCCCCCCCCCc1cc[n+](CCCCCCCC)cc1. The van der Waals surface area contributed by atoms with E-state index in [2.05, 4.69) is 42.9 Å². The Balaban J connectivity index is 1.86. The molecule has 1 heterocycles. The molecule has 0 amide bonds. The second kappa shape index (κ2) is 22.3. The van der Waals surface area contributed by atoms with Gasteiger partial charge in [0.15, 0.2) is 12.4 Å². The lowest BCUT2D eigenvalue weighted by molar-refractivity contribution is -0.697. The fourth-order valence-electron chi connectivity index (χ4n) is 4.58. The molecule has 0 saturated heterocycles. The quantitative estimate of drug-likeness (QED) is 0.120. The van der Waals surface area contributed by atoms with E-state index in [1.165, 1.54) is 153 Å². The van der Waals surface area contributed by atoms with E-state index in [1.807, 2.05) is 0 Å². The molecule has 0 bridgehead atoms. The summed E-state index contributed by atoms with van der Waals surface area (Å²) in [6, 6.07) is 4.70. The predicted molar refractivity (Wildman–Crippen MR) is 139 cm³/mol. The van der Waals surface area contributed by atoms with E-state index in [1.54, 1.807) is 0 Å². The van der Waals surface area contributed by atoms with E-state index in [0.717, 1.165) is 0 Å². The molecule has 0 N–H and O–H groups in total. The van der Waals surface area contributed by atoms with Gasteiger partial charge in [-0.2, -0.15) is 0 Å². The third kappa shape index (κ3) is 18.4. The van der Waals surface area contributed by atoms with E-state index >= 15 is 0 Å². The van der Waals surface area contributed by atoms with Gasteiger partial charge in [-0.15, -0.1) is 0 Å². The molecular weight excluding hydrogens is 374 g/mol. The summed E-state index contributed by atoms with van der Waals surface area (Å²) in [7, 11) is 0. The summed E-state index contributed by atoms with van der Waals surface area (Å²) in [5, 5.41) is 0. The summed E-state index contributed by atoms with van der Waals surface area (Å²) < 4.78 is 2.37. The van der Waals surface area contributed by atoms with Gasteiger partial charge in [0.2, 0.25) is 0 Å². The van der Waals surface area contributed by atoms with Crippen molar-refractivity contribution >= 4 is 0 Å². The smallest absolute Gasteiger partial charge is 0.169 e. The Morgan fingerprint density at radius 1 is 0.452 bits per heavy atom. The van der Waals surface area contributed by atoms with Crippen LogP contribution in [-0.2, 0) is 13.0 Å². The van der Waals surface area contributed by atoms with Gasteiger partial charge in [-0.3, -0.25) is 0 Å². The van der Waals surface area contributed by atoms with Gasteiger partial charge >= 0.3 is 0 Å². The molecular formula is C30H56N+. The van der Waals surface area contributed by atoms with Gasteiger partial charge in [0.05, 0.1) is 0 Å². The molecule has 1 heteroatoms. The van der Waals surface area contributed by atoms with Crippen LogP contribution in [0, 0.1) is 0 Å². The lowest BCUT2D eigenvalue weighted by atomic mass is 10.0.